The van der Waals surface area contributed by atoms with Gasteiger partial charge in [-0.2, -0.15) is 0 Å². The molecule has 0 aliphatic heterocycles. The number of aliphatic hydroxyl groups is 1. The van der Waals surface area contributed by atoms with Crippen molar-refractivity contribution in [3.8, 4) is 0 Å². The molecular formula is C15H14BrFO. The van der Waals surface area contributed by atoms with Gasteiger partial charge in [-0.25, -0.2) is 4.39 Å². The van der Waals surface area contributed by atoms with Gasteiger partial charge in [-0.15, -0.1) is 0 Å². The van der Waals surface area contributed by atoms with Gasteiger partial charge in [0.2, 0.25) is 0 Å². The average molecular weight is 309 g/mol. The number of rotatable bonds is 4. The summed E-state index contributed by atoms with van der Waals surface area (Å²) in [5.41, 5.74) is 2.10. The van der Waals surface area contributed by atoms with Crippen LogP contribution in [-0.4, -0.2) is 11.7 Å². The zero-order valence-corrected chi connectivity index (χ0v) is 11.4. The number of aliphatic hydroxyl groups excluding tert-OH is 1. The molecule has 1 nitrogen and oxygen atoms in total. The molecule has 0 aliphatic rings. The van der Waals surface area contributed by atoms with Gasteiger partial charge in [0, 0.05) is 5.92 Å². The minimum atomic E-state index is -0.265. The first-order valence-electron chi connectivity index (χ1n) is 5.80. The van der Waals surface area contributed by atoms with Crippen LogP contribution in [0.1, 0.15) is 17.0 Å². The Morgan fingerprint density at radius 2 is 1.83 bits per heavy atom. The zero-order valence-electron chi connectivity index (χ0n) is 9.81. The van der Waals surface area contributed by atoms with Gasteiger partial charge in [0.05, 0.1) is 11.1 Å². The molecule has 0 spiro atoms. The molecule has 1 atom stereocenters. The van der Waals surface area contributed by atoms with E-state index in [2.05, 4.69) is 15.9 Å². The van der Waals surface area contributed by atoms with Gasteiger partial charge in [0.25, 0.3) is 0 Å². The van der Waals surface area contributed by atoms with Gasteiger partial charge in [-0.3, -0.25) is 0 Å². The van der Waals surface area contributed by atoms with E-state index in [-0.39, 0.29) is 18.3 Å². The Morgan fingerprint density at radius 1 is 1.11 bits per heavy atom. The Labute approximate surface area is 114 Å². The molecule has 2 rings (SSSR count). The molecule has 0 heterocycles. The normalized spacial score (nSPS) is 12.4. The van der Waals surface area contributed by atoms with Crippen molar-refractivity contribution in [2.45, 2.75) is 12.3 Å². The van der Waals surface area contributed by atoms with Crippen molar-refractivity contribution >= 4 is 15.9 Å². The third kappa shape index (κ3) is 3.18. The number of halogens is 2. The van der Waals surface area contributed by atoms with Crippen LogP contribution in [0.3, 0.4) is 0 Å². The topological polar surface area (TPSA) is 20.2 Å². The van der Waals surface area contributed by atoms with Crippen molar-refractivity contribution in [3.05, 3.63) is 69.9 Å². The summed E-state index contributed by atoms with van der Waals surface area (Å²) in [6, 6.07) is 14.8. The van der Waals surface area contributed by atoms with E-state index in [1.165, 1.54) is 6.07 Å². The second-order valence-corrected chi connectivity index (χ2v) is 5.10. The number of hydrogen-bond acceptors (Lipinski definition) is 1. The minimum absolute atomic E-state index is 0.0450. The van der Waals surface area contributed by atoms with Crippen LogP contribution in [0.5, 0.6) is 0 Å². The Morgan fingerprint density at radius 3 is 2.44 bits per heavy atom. The Balaban J connectivity index is 2.18. The summed E-state index contributed by atoms with van der Waals surface area (Å²) in [7, 11) is 0. The molecule has 0 saturated heterocycles. The van der Waals surface area contributed by atoms with Crippen molar-refractivity contribution in [2.75, 3.05) is 6.61 Å². The number of hydrogen-bond donors (Lipinski definition) is 1. The summed E-state index contributed by atoms with van der Waals surface area (Å²) in [6.45, 7) is 0.0824. The Kier molecular flexibility index (Phi) is 4.50. The SMILES string of the molecule is OCC(Cc1ccc(F)c(Br)c1)c1ccccc1. The van der Waals surface area contributed by atoms with Crippen molar-refractivity contribution in [2.24, 2.45) is 0 Å². The van der Waals surface area contributed by atoms with Crippen LogP contribution in [0.4, 0.5) is 4.39 Å². The Hall–Kier alpha value is -1.19. The molecule has 0 aliphatic carbocycles. The fourth-order valence-electron chi connectivity index (χ4n) is 1.96. The third-order valence-corrected chi connectivity index (χ3v) is 3.57. The minimum Gasteiger partial charge on any atom is -0.396 e. The van der Waals surface area contributed by atoms with Gasteiger partial charge in [0.15, 0.2) is 0 Å². The largest absolute Gasteiger partial charge is 0.396 e. The lowest BCUT2D eigenvalue weighted by atomic mass is 9.93. The highest BCUT2D eigenvalue weighted by atomic mass is 79.9. The van der Waals surface area contributed by atoms with Gasteiger partial charge in [-0.1, -0.05) is 36.4 Å². The summed E-state index contributed by atoms with van der Waals surface area (Å²) in [5.74, 6) is -0.220. The monoisotopic (exact) mass is 308 g/mol. The highest BCUT2D eigenvalue weighted by Crippen LogP contribution is 2.23. The molecule has 0 amide bonds. The standard InChI is InChI=1S/C15H14BrFO/c16-14-9-11(6-7-15(14)17)8-13(10-18)12-4-2-1-3-5-12/h1-7,9,13,18H,8,10H2. The molecule has 1 N–H and O–H groups in total. The lowest BCUT2D eigenvalue weighted by Crippen LogP contribution is -2.07. The van der Waals surface area contributed by atoms with Gasteiger partial charge >= 0.3 is 0 Å². The van der Waals surface area contributed by atoms with E-state index in [4.69, 9.17) is 0 Å². The summed E-state index contributed by atoms with van der Waals surface area (Å²) in [4.78, 5) is 0. The molecule has 0 bridgehead atoms. The highest BCUT2D eigenvalue weighted by Gasteiger charge is 2.11. The van der Waals surface area contributed by atoms with E-state index in [1.54, 1.807) is 12.1 Å². The van der Waals surface area contributed by atoms with Crippen LogP contribution < -0.4 is 0 Å². The van der Waals surface area contributed by atoms with Crippen LogP contribution in [0, 0.1) is 5.82 Å². The van der Waals surface area contributed by atoms with E-state index in [1.807, 2.05) is 30.3 Å². The van der Waals surface area contributed by atoms with Crippen molar-refractivity contribution in [3.63, 3.8) is 0 Å². The van der Waals surface area contributed by atoms with E-state index >= 15 is 0 Å². The predicted octanol–water partition coefficient (Wildman–Crippen LogP) is 3.91. The lowest BCUT2D eigenvalue weighted by molar-refractivity contribution is 0.264. The molecular weight excluding hydrogens is 295 g/mol. The molecule has 2 aromatic rings. The van der Waals surface area contributed by atoms with Crippen LogP contribution in [0.2, 0.25) is 0 Å². The van der Waals surface area contributed by atoms with Crippen LogP contribution in [0.25, 0.3) is 0 Å². The second kappa shape index (κ2) is 6.12. The summed E-state index contributed by atoms with van der Waals surface area (Å²) >= 11 is 3.18. The van der Waals surface area contributed by atoms with Gasteiger partial charge in [0.1, 0.15) is 5.82 Å². The van der Waals surface area contributed by atoms with Gasteiger partial charge in [-0.05, 0) is 45.6 Å². The molecule has 0 aromatic heterocycles. The van der Waals surface area contributed by atoms with Crippen molar-refractivity contribution < 1.29 is 9.50 Å². The number of benzene rings is 2. The maximum absolute atomic E-state index is 13.1. The molecule has 0 fully saturated rings. The molecule has 1 unspecified atom stereocenters. The summed E-state index contributed by atoms with van der Waals surface area (Å²) in [6.07, 6.45) is 0.694. The summed E-state index contributed by atoms with van der Waals surface area (Å²) < 4.78 is 13.6. The van der Waals surface area contributed by atoms with Crippen LogP contribution >= 0.6 is 15.9 Å². The predicted molar refractivity (Wildman–Crippen MR) is 74.1 cm³/mol. The van der Waals surface area contributed by atoms with E-state index < -0.39 is 0 Å². The van der Waals surface area contributed by atoms with Crippen molar-refractivity contribution in [1.82, 2.24) is 0 Å². The molecule has 0 saturated carbocycles. The average Bonchev–Trinajstić information content (AvgIpc) is 2.41. The third-order valence-electron chi connectivity index (χ3n) is 2.96. The fraction of sp³-hybridized carbons (Fsp3) is 0.200. The fourth-order valence-corrected chi connectivity index (χ4v) is 2.39. The molecule has 3 heteroatoms. The maximum atomic E-state index is 13.1. The maximum Gasteiger partial charge on any atom is 0.137 e. The van der Waals surface area contributed by atoms with Crippen molar-refractivity contribution in [1.29, 1.82) is 0 Å². The van der Waals surface area contributed by atoms with E-state index in [0.29, 0.717) is 10.9 Å². The van der Waals surface area contributed by atoms with Gasteiger partial charge < -0.3 is 5.11 Å². The van der Waals surface area contributed by atoms with E-state index in [0.717, 1.165) is 11.1 Å². The van der Waals surface area contributed by atoms with Crippen LogP contribution in [-0.2, 0) is 6.42 Å². The molecule has 2 aromatic carbocycles. The molecule has 18 heavy (non-hydrogen) atoms. The lowest BCUT2D eigenvalue weighted by Gasteiger charge is -2.15. The highest BCUT2D eigenvalue weighted by molar-refractivity contribution is 9.10. The first kappa shape index (κ1) is 13.2. The van der Waals surface area contributed by atoms with E-state index in [9.17, 15) is 9.50 Å². The Bertz CT molecular complexity index is 513. The first-order chi connectivity index (χ1) is 8.70. The molecule has 0 radical (unpaired) electrons. The molecule has 94 valence electrons. The zero-order chi connectivity index (χ0) is 13.0. The first-order valence-corrected chi connectivity index (χ1v) is 6.59. The second-order valence-electron chi connectivity index (χ2n) is 4.24. The smallest absolute Gasteiger partial charge is 0.137 e. The van der Waals surface area contributed by atoms with Crippen LogP contribution in [0.15, 0.2) is 53.0 Å². The summed E-state index contributed by atoms with van der Waals surface area (Å²) in [5, 5.41) is 9.48. The quantitative estimate of drug-likeness (QED) is 0.908.